The van der Waals surface area contributed by atoms with Crippen LogP contribution in [0, 0.1) is 0 Å². The average Bonchev–Trinajstić information content (AvgIpc) is 2.80. The van der Waals surface area contributed by atoms with Gasteiger partial charge >= 0.3 is 11.9 Å². The second-order valence-corrected chi connectivity index (χ2v) is 9.62. The quantitative estimate of drug-likeness (QED) is 0.157. The predicted octanol–water partition coefficient (Wildman–Crippen LogP) is 2.86. The highest BCUT2D eigenvalue weighted by Crippen LogP contribution is 2.32. The summed E-state index contributed by atoms with van der Waals surface area (Å²) in [5.41, 5.74) is 9.18. The Kier molecular flexibility index (Phi) is 10.6. The molecule has 0 aromatic heterocycles. The Balaban J connectivity index is 2.40. The lowest BCUT2D eigenvalue weighted by Gasteiger charge is -2.41. The summed E-state index contributed by atoms with van der Waals surface area (Å²) in [5, 5.41) is 17.5. The number of benzene rings is 1. The molecule has 0 saturated carbocycles. The van der Waals surface area contributed by atoms with E-state index in [0.29, 0.717) is 5.56 Å². The second kappa shape index (κ2) is 13.2. The van der Waals surface area contributed by atoms with Crippen LogP contribution in [0.1, 0.15) is 52.9 Å². The Morgan fingerprint density at radius 1 is 1.27 bits per heavy atom. The number of rotatable bonds is 10. The minimum absolute atomic E-state index is 0.0518. The van der Waals surface area contributed by atoms with Gasteiger partial charge in [-0.1, -0.05) is 42.0 Å². The van der Waals surface area contributed by atoms with Gasteiger partial charge in [0.05, 0.1) is 24.8 Å². The third-order valence-corrected chi connectivity index (χ3v) is 5.27. The van der Waals surface area contributed by atoms with Crippen LogP contribution in [0.4, 0.5) is 0 Å². The van der Waals surface area contributed by atoms with E-state index in [1.54, 1.807) is 45.0 Å². The van der Waals surface area contributed by atoms with Crippen LogP contribution in [0.15, 0.2) is 47.6 Å². The van der Waals surface area contributed by atoms with Crippen molar-refractivity contribution >= 4 is 17.8 Å². The van der Waals surface area contributed by atoms with Crippen molar-refractivity contribution in [3.63, 3.8) is 0 Å². The largest absolute Gasteiger partial charge is 0.457 e. The molecule has 1 amide bonds. The average molecular weight is 519 g/mol. The maximum Gasteiger partial charge on any atom is 0.334 e. The van der Waals surface area contributed by atoms with Gasteiger partial charge in [0.1, 0.15) is 11.7 Å². The van der Waals surface area contributed by atoms with Gasteiger partial charge in [-0.05, 0) is 26.3 Å². The van der Waals surface area contributed by atoms with Gasteiger partial charge in [-0.3, -0.25) is 9.59 Å². The summed E-state index contributed by atoms with van der Waals surface area (Å²) in [5.74, 6) is -1.89. The summed E-state index contributed by atoms with van der Waals surface area (Å²) in [6, 6.07) is 6.40. The summed E-state index contributed by atoms with van der Waals surface area (Å²) >= 11 is 0. The van der Waals surface area contributed by atoms with E-state index < -0.39 is 60.1 Å². The Hall–Kier alpha value is -3.44. The smallest absolute Gasteiger partial charge is 0.334 e. The van der Waals surface area contributed by atoms with Crippen molar-refractivity contribution in [2.75, 3.05) is 6.61 Å². The van der Waals surface area contributed by atoms with Gasteiger partial charge in [-0.2, -0.15) is 0 Å². The first-order valence-electron chi connectivity index (χ1n) is 11.7. The zero-order valence-electron chi connectivity index (χ0n) is 21.6. The maximum absolute atomic E-state index is 12.4. The Morgan fingerprint density at radius 2 is 1.92 bits per heavy atom. The molecule has 0 radical (unpaired) electrons. The fourth-order valence-corrected chi connectivity index (χ4v) is 3.80. The molecule has 12 heteroatoms. The zero-order valence-corrected chi connectivity index (χ0v) is 21.6. The molecular formula is C25H34N4O8. The lowest BCUT2D eigenvalue weighted by atomic mass is 9.90. The number of hydrogen-bond acceptors (Lipinski definition) is 9. The number of aliphatic hydroxyl groups is 1. The molecule has 1 saturated heterocycles. The molecule has 0 bridgehead atoms. The molecule has 2 rings (SSSR count). The molecule has 37 heavy (non-hydrogen) atoms. The van der Waals surface area contributed by atoms with Crippen molar-refractivity contribution < 1.29 is 38.4 Å². The molecule has 2 N–H and O–H groups in total. The lowest BCUT2D eigenvalue weighted by molar-refractivity contribution is -0.267. The molecule has 6 atom stereocenters. The number of aliphatic hydroxyl groups excluding tert-OH is 1. The van der Waals surface area contributed by atoms with E-state index >= 15 is 0 Å². The molecule has 1 aliphatic rings. The van der Waals surface area contributed by atoms with Crippen LogP contribution in [0.2, 0.25) is 0 Å². The number of nitrogens with one attached hydrogen (secondary N) is 1. The minimum atomic E-state index is -1.45. The fraction of sp³-hybridized carbons (Fsp3) is 0.560. The number of ether oxygens (including phenoxy) is 4. The number of azide groups is 1. The van der Waals surface area contributed by atoms with Gasteiger partial charge in [-0.25, -0.2) is 4.79 Å². The zero-order chi connectivity index (χ0) is 27.8. The highest BCUT2D eigenvalue weighted by Gasteiger charge is 2.45. The molecule has 0 spiro atoms. The third-order valence-electron chi connectivity index (χ3n) is 5.27. The summed E-state index contributed by atoms with van der Waals surface area (Å²) in [6.45, 7) is 11.1. The lowest BCUT2D eigenvalue weighted by Crippen LogP contribution is -2.59. The number of hydrogen-bond donors (Lipinski definition) is 2. The van der Waals surface area contributed by atoms with Crippen LogP contribution in [0.25, 0.3) is 10.4 Å². The number of carbonyl (C=O) groups excluding carboxylic acids is 3. The van der Waals surface area contributed by atoms with Crippen LogP contribution in [0.5, 0.6) is 0 Å². The summed E-state index contributed by atoms with van der Waals surface area (Å²) in [6.07, 6.45) is -4.80. The van der Waals surface area contributed by atoms with Crippen molar-refractivity contribution in [1.29, 1.82) is 0 Å². The van der Waals surface area contributed by atoms with Crippen LogP contribution in [0.3, 0.4) is 0 Å². The molecule has 12 nitrogen and oxygen atoms in total. The van der Waals surface area contributed by atoms with Gasteiger partial charge in [-0.15, -0.1) is 0 Å². The van der Waals surface area contributed by atoms with Crippen molar-refractivity contribution in [3.05, 3.63) is 58.5 Å². The monoisotopic (exact) mass is 518 g/mol. The first-order valence-corrected chi connectivity index (χ1v) is 11.7. The van der Waals surface area contributed by atoms with E-state index in [0.717, 1.165) is 0 Å². The third kappa shape index (κ3) is 9.18. The molecule has 1 heterocycles. The molecule has 202 valence electrons. The first kappa shape index (κ1) is 29.8. The molecular weight excluding hydrogens is 484 g/mol. The Bertz CT molecular complexity index is 1020. The van der Waals surface area contributed by atoms with E-state index in [9.17, 15) is 25.0 Å². The molecule has 0 unspecified atom stereocenters. The van der Waals surface area contributed by atoms with Crippen LogP contribution < -0.4 is 5.32 Å². The Morgan fingerprint density at radius 3 is 2.46 bits per heavy atom. The highest BCUT2D eigenvalue weighted by atomic mass is 16.7. The highest BCUT2D eigenvalue weighted by molar-refractivity contribution is 5.88. The summed E-state index contributed by atoms with van der Waals surface area (Å²) in [4.78, 5) is 39.2. The van der Waals surface area contributed by atoms with Crippen LogP contribution in [-0.4, -0.2) is 65.6 Å². The molecule has 1 fully saturated rings. The summed E-state index contributed by atoms with van der Waals surface area (Å²) in [7, 11) is 0. The van der Waals surface area contributed by atoms with Gasteiger partial charge in [0.25, 0.3) is 0 Å². The molecule has 1 aromatic carbocycles. The SMILES string of the molecule is C=C(C[C@@H](O)[C@@H](NC(C)=O)[C@@H](N=[N+]=[N-])[C@@H]1O[C@H](c2ccccc2)OC[C@H]1OC(C)=O)C(=O)OC(C)(C)C. The fourth-order valence-electron chi connectivity index (χ4n) is 3.80. The maximum atomic E-state index is 12.4. The van der Waals surface area contributed by atoms with E-state index in [4.69, 9.17) is 18.9 Å². The van der Waals surface area contributed by atoms with Crippen LogP contribution in [-0.2, 0) is 33.3 Å². The van der Waals surface area contributed by atoms with Gasteiger partial charge in [0, 0.05) is 36.3 Å². The number of carbonyl (C=O) groups is 3. The number of amides is 1. The molecule has 1 aliphatic heterocycles. The van der Waals surface area contributed by atoms with Crippen molar-refractivity contribution in [1.82, 2.24) is 5.32 Å². The minimum Gasteiger partial charge on any atom is -0.457 e. The van der Waals surface area contributed by atoms with Crippen LogP contribution >= 0.6 is 0 Å². The van der Waals surface area contributed by atoms with Gasteiger partial charge < -0.3 is 29.4 Å². The topological polar surface area (TPSA) is 169 Å². The van der Waals surface area contributed by atoms with Gasteiger partial charge in [0.15, 0.2) is 12.4 Å². The number of esters is 2. The second-order valence-electron chi connectivity index (χ2n) is 9.62. The normalized spacial score (nSPS) is 21.9. The predicted molar refractivity (Wildman–Crippen MR) is 132 cm³/mol. The molecule has 1 aromatic rings. The van der Waals surface area contributed by atoms with Crippen molar-refractivity contribution in [2.45, 2.75) is 83.3 Å². The van der Waals surface area contributed by atoms with E-state index in [-0.39, 0.29) is 18.6 Å². The van der Waals surface area contributed by atoms with Crippen molar-refractivity contribution in [2.24, 2.45) is 5.11 Å². The summed E-state index contributed by atoms with van der Waals surface area (Å²) < 4.78 is 22.5. The van der Waals surface area contributed by atoms with E-state index in [2.05, 4.69) is 21.9 Å². The molecule has 0 aliphatic carbocycles. The Labute approximate surface area is 215 Å². The van der Waals surface area contributed by atoms with Gasteiger partial charge in [0.2, 0.25) is 5.91 Å². The first-order chi connectivity index (χ1) is 17.3. The van der Waals surface area contributed by atoms with Crippen molar-refractivity contribution in [3.8, 4) is 0 Å². The number of nitrogens with zero attached hydrogens (tertiary/aromatic N) is 3. The standard InChI is InChI=1S/C25H34N4O8/c1-14(23(33)37-25(4,5)6)12-18(32)20(27-15(2)30)21(28-29-26)22-19(35-16(3)31)13-34-24(36-22)17-10-8-7-9-11-17/h7-11,18-22,24,32H,1,12-13H2,2-6H3,(H,27,30)/t18-,19-,20-,21-,22-,24-/m1/s1. The van der Waals surface area contributed by atoms with E-state index in [1.807, 2.05) is 6.07 Å². The van der Waals surface area contributed by atoms with E-state index in [1.165, 1.54) is 13.8 Å².